The van der Waals surface area contributed by atoms with Gasteiger partial charge in [0.1, 0.15) is 5.82 Å². The van der Waals surface area contributed by atoms with Crippen LogP contribution in [0.25, 0.3) is 0 Å². The van der Waals surface area contributed by atoms with Crippen LogP contribution in [0.5, 0.6) is 0 Å². The number of rotatable bonds is 2. The van der Waals surface area contributed by atoms with Gasteiger partial charge in [-0.25, -0.2) is 9.18 Å². The molecule has 2 fully saturated rings. The summed E-state index contributed by atoms with van der Waals surface area (Å²) < 4.78 is 13.3. The van der Waals surface area contributed by atoms with Crippen molar-refractivity contribution in [3.05, 3.63) is 30.1 Å². The van der Waals surface area contributed by atoms with E-state index in [1.165, 1.54) is 18.9 Å². The minimum absolute atomic E-state index is 0.227. The van der Waals surface area contributed by atoms with E-state index in [1.807, 2.05) is 0 Å². The number of benzene rings is 1. The van der Waals surface area contributed by atoms with E-state index in [0.717, 1.165) is 12.8 Å². The molecule has 0 heterocycles. The molecular formula is C13H15FN2O. The fourth-order valence-electron chi connectivity index (χ4n) is 2.58. The Hall–Kier alpha value is -1.58. The zero-order chi connectivity index (χ0) is 11.9. The number of urea groups is 1. The molecule has 17 heavy (non-hydrogen) atoms. The summed E-state index contributed by atoms with van der Waals surface area (Å²) in [7, 11) is 0. The molecule has 90 valence electrons. The monoisotopic (exact) mass is 234 g/mol. The molecule has 1 aromatic carbocycles. The molecule has 2 saturated carbocycles. The maximum absolute atomic E-state index is 13.3. The largest absolute Gasteiger partial charge is 0.335 e. The minimum Gasteiger partial charge on any atom is -0.335 e. The van der Waals surface area contributed by atoms with Crippen molar-refractivity contribution >= 4 is 11.7 Å². The first-order valence-corrected chi connectivity index (χ1v) is 5.99. The number of amides is 2. The third kappa shape index (κ3) is 2.12. The molecule has 2 N–H and O–H groups in total. The van der Waals surface area contributed by atoms with E-state index in [9.17, 15) is 9.18 Å². The first kappa shape index (κ1) is 10.6. The summed E-state index contributed by atoms with van der Waals surface area (Å²) in [5.74, 6) is -0.407. The highest BCUT2D eigenvalue weighted by atomic mass is 19.1. The van der Waals surface area contributed by atoms with E-state index in [4.69, 9.17) is 0 Å². The Labute approximate surface area is 99.4 Å². The number of nitrogens with one attached hydrogen (secondary N) is 2. The fourth-order valence-corrected chi connectivity index (χ4v) is 2.58. The van der Waals surface area contributed by atoms with Crippen LogP contribution in [-0.2, 0) is 0 Å². The number of anilines is 1. The topological polar surface area (TPSA) is 41.1 Å². The van der Waals surface area contributed by atoms with E-state index in [1.54, 1.807) is 18.2 Å². The van der Waals surface area contributed by atoms with Gasteiger partial charge >= 0.3 is 6.03 Å². The van der Waals surface area contributed by atoms with Crippen molar-refractivity contribution in [2.45, 2.75) is 31.7 Å². The molecule has 2 aliphatic rings. The lowest BCUT2D eigenvalue weighted by atomic mass is 9.77. The van der Waals surface area contributed by atoms with Gasteiger partial charge in [-0.3, -0.25) is 0 Å². The quantitative estimate of drug-likeness (QED) is 0.811. The molecule has 0 unspecified atom stereocenters. The van der Waals surface area contributed by atoms with Crippen LogP contribution in [0, 0.1) is 11.2 Å². The highest BCUT2D eigenvalue weighted by molar-refractivity contribution is 5.89. The van der Waals surface area contributed by atoms with Crippen LogP contribution in [0.2, 0.25) is 0 Å². The van der Waals surface area contributed by atoms with Gasteiger partial charge in [-0.05, 0) is 43.2 Å². The fraction of sp³-hybridized carbons (Fsp3) is 0.462. The molecule has 0 aliphatic heterocycles. The van der Waals surface area contributed by atoms with E-state index >= 15 is 0 Å². The van der Waals surface area contributed by atoms with E-state index < -0.39 is 5.82 Å². The molecule has 0 bridgehead atoms. The van der Waals surface area contributed by atoms with E-state index in [-0.39, 0.29) is 17.8 Å². The first-order chi connectivity index (χ1) is 8.17. The maximum atomic E-state index is 13.3. The molecule has 4 heteroatoms. The SMILES string of the molecule is O=C(Nc1ccccc1F)NC1CC2(CC2)C1. The normalized spacial score (nSPS) is 20.8. The van der Waals surface area contributed by atoms with E-state index in [2.05, 4.69) is 10.6 Å². The molecule has 1 spiro atoms. The third-order valence-electron chi connectivity index (χ3n) is 3.77. The molecule has 0 aromatic heterocycles. The molecule has 2 aliphatic carbocycles. The van der Waals surface area contributed by atoms with Gasteiger partial charge in [0.25, 0.3) is 0 Å². The molecule has 2 amide bonds. The molecule has 0 radical (unpaired) electrons. The second-order valence-corrected chi connectivity index (χ2v) is 5.18. The third-order valence-corrected chi connectivity index (χ3v) is 3.77. The van der Waals surface area contributed by atoms with Gasteiger partial charge in [0.05, 0.1) is 5.69 Å². The minimum atomic E-state index is -0.407. The zero-order valence-corrected chi connectivity index (χ0v) is 9.50. The Morgan fingerprint density at radius 3 is 2.65 bits per heavy atom. The average molecular weight is 234 g/mol. The van der Waals surface area contributed by atoms with Crippen LogP contribution in [0.15, 0.2) is 24.3 Å². The Morgan fingerprint density at radius 1 is 1.29 bits per heavy atom. The highest BCUT2D eigenvalue weighted by Crippen LogP contribution is 2.60. The van der Waals surface area contributed by atoms with Crippen molar-refractivity contribution in [1.82, 2.24) is 5.32 Å². The van der Waals surface area contributed by atoms with Crippen LogP contribution in [-0.4, -0.2) is 12.1 Å². The van der Waals surface area contributed by atoms with Crippen LogP contribution in [0.4, 0.5) is 14.9 Å². The van der Waals surface area contributed by atoms with Gasteiger partial charge < -0.3 is 10.6 Å². The molecule has 0 atom stereocenters. The van der Waals surface area contributed by atoms with Crippen molar-refractivity contribution in [2.24, 2.45) is 5.41 Å². The smallest absolute Gasteiger partial charge is 0.319 e. The first-order valence-electron chi connectivity index (χ1n) is 5.99. The number of carbonyl (C=O) groups is 1. The number of hydrogen-bond donors (Lipinski definition) is 2. The Kier molecular flexibility index (Phi) is 2.31. The Bertz CT molecular complexity index is 448. The summed E-state index contributed by atoms with van der Waals surface area (Å²) in [6, 6.07) is 6.14. The number of halogens is 1. The van der Waals surface area contributed by atoms with Crippen molar-refractivity contribution in [3.63, 3.8) is 0 Å². The second kappa shape index (κ2) is 3.72. The van der Waals surface area contributed by atoms with Crippen LogP contribution in [0.1, 0.15) is 25.7 Å². The van der Waals surface area contributed by atoms with E-state index in [0.29, 0.717) is 5.41 Å². The molecule has 3 rings (SSSR count). The number of carbonyl (C=O) groups excluding carboxylic acids is 1. The van der Waals surface area contributed by atoms with Crippen LogP contribution >= 0.6 is 0 Å². The predicted molar refractivity (Wildman–Crippen MR) is 63.2 cm³/mol. The molecular weight excluding hydrogens is 219 g/mol. The average Bonchev–Trinajstić information content (AvgIpc) is 3.01. The van der Waals surface area contributed by atoms with Gasteiger partial charge in [-0.1, -0.05) is 12.1 Å². The summed E-state index contributed by atoms with van der Waals surface area (Å²) in [5, 5.41) is 5.40. The van der Waals surface area contributed by atoms with Crippen molar-refractivity contribution in [1.29, 1.82) is 0 Å². The van der Waals surface area contributed by atoms with Gasteiger partial charge in [-0.2, -0.15) is 0 Å². The van der Waals surface area contributed by atoms with Gasteiger partial charge in [-0.15, -0.1) is 0 Å². The van der Waals surface area contributed by atoms with Crippen molar-refractivity contribution in [3.8, 4) is 0 Å². The van der Waals surface area contributed by atoms with Crippen molar-refractivity contribution in [2.75, 3.05) is 5.32 Å². The summed E-state index contributed by atoms with van der Waals surface area (Å²) in [6.45, 7) is 0. The predicted octanol–water partition coefficient (Wildman–Crippen LogP) is 2.89. The number of hydrogen-bond acceptors (Lipinski definition) is 1. The lowest BCUT2D eigenvalue weighted by Crippen LogP contribution is -2.46. The van der Waals surface area contributed by atoms with Gasteiger partial charge in [0, 0.05) is 6.04 Å². The molecule has 1 aromatic rings. The highest BCUT2D eigenvalue weighted by Gasteiger charge is 2.53. The molecule has 0 saturated heterocycles. The van der Waals surface area contributed by atoms with Gasteiger partial charge in [0.2, 0.25) is 0 Å². The van der Waals surface area contributed by atoms with Crippen LogP contribution in [0.3, 0.4) is 0 Å². The second-order valence-electron chi connectivity index (χ2n) is 5.18. The lowest BCUT2D eigenvalue weighted by molar-refractivity contribution is 0.195. The molecule has 3 nitrogen and oxygen atoms in total. The summed E-state index contributed by atoms with van der Waals surface area (Å²) in [5.41, 5.74) is 0.793. The summed E-state index contributed by atoms with van der Waals surface area (Å²) in [4.78, 5) is 11.6. The van der Waals surface area contributed by atoms with Crippen molar-refractivity contribution < 1.29 is 9.18 Å². The summed E-state index contributed by atoms with van der Waals surface area (Å²) in [6.07, 6.45) is 4.77. The zero-order valence-electron chi connectivity index (χ0n) is 9.50. The summed E-state index contributed by atoms with van der Waals surface area (Å²) >= 11 is 0. The number of para-hydroxylation sites is 1. The Balaban J connectivity index is 1.52. The maximum Gasteiger partial charge on any atom is 0.319 e. The lowest BCUT2D eigenvalue weighted by Gasteiger charge is -2.36. The van der Waals surface area contributed by atoms with Crippen LogP contribution < -0.4 is 10.6 Å². The Morgan fingerprint density at radius 2 is 2.00 bits per heavy atom. The standard InChI is InChI=1S/C13H15FN2O/c14-10-3-1-2-4-11(10)16-12(17)15-9-7-13(8-9)5-6-13/h1-4,9H,5-8H2,(H2,15,16,17). The van der Waals surface area contributed by atoms with Gasteiger partial charge in [0.15, 0.2) is 0 Å².